The standard InChI is InChI=1S/C26H27FN4O6/c1-34-23-11-28-18-4-3-17(27)24(25(18)29-23)19(32)13-30-7-6-15-12-31(26(33)37-22(15)14-30)16-2-5-20-21(10-16)36-9-8-35-20/h2-5,10-11,15,19,22,32H,6-9,12-14H2,1H3. The van der Waals surface area contributed by atoms with E-state index in [2.05, 4.69) is 9.97 Å². The van der Waals surface area contributed by atoms with Crippen molar-refractivity contribution in [2.24, 2.45) is 5.92 Å². The number of aromatic nitrogens is 2. The van der Waals surface area contributed by atoms with Gasteiger partial charge in [-0.25, -0.2) is 19.2 Å². The lowest BCUT2D eigenvalue weighted by molar-refractivity contribution is -0.0188. The largest absolute Gasteiger partial charge is 0.486 e. The van der Waals surface area contributed by atoms with Gasteiger partial charge in [-0.1, -0.05) is 0 Å². The Morgan fingerprint density at radius 3 is 2.86 bits per heavy atom. The number of ether oxygens (including phenoxy) is 4. The third-order valence-corrected chi connectivity index (χ3v) is 7.16. The highest BCUT2D eigenvalue weighted by atomic mass is 19.1. The van der Waals surface area contributed by atoms with Gasteiger partial charge in [-0.2, -0.15) is 0 Å². The Hall–Kier alpha value is -3.70. The van der Waals surface area contributed by atoms with Crippen molar-refractivity contribution >= 4 is 22.8 Å². The van der Waals surface area contributed by atoms with Crippen LogP contribution in [-0.4, -0.2) is 78.7 Å². The molecule has 1 amide bonds. The number of hydrogen-bond acceptors (Lipinski definition) is 9. The molecule has 1 aromatic heterocycles. The SMILES string of the molecule is COc1cnc2ccc(F)c(C(O)CN3CCC4CN(c5ccc6c(c5)OCCO6)C(=O)OC4C3)c2n1. The lowest BCUT2D eigenvalue weighted by Gasteiger charge is -2.44. The van der Waals surface area contributed by atoms with E-state index >= 15 is 0 Å². The van der Waals surface area contributed by atoms with Crippen molar-refractivity contribution in [2.75, 3.05) is 51.4 Å². The van der Waals surface area contributed by atoms with Crippen LogP contribution in [0.5, 0.6) is 17.4 Å². The Labute approximate surface area is 212 Å². The van der Waals surface area contributed by atoms with Crippen LogP contribution in [0.25, 0.3) is 11.0 Å². The van der Waals surface area contributed by atoms with Crippen LogP contribution in [0.2, 0.25) is 0 Å². The minimum absolute atomic E-state index is 0.0800. The quantitative estimate of drug-likeness (QED) is 0.555. The van der Waals surface area contributed by atoms with Gasteiger partial charge in [0, 0.05) is 37.2 Å². The number of methoxy groups -OCH3 is 1. The molecule has 10 nitrogen and oxygen atoms in total. The van der Waals surface area contributed by atoms with Gasteiger partial charge < -0.3 is 24.1 Å². The highest BCUT2D eigenvalue weighted by Crippen LogP contribution is 2.37. The summed E-state index contributed by atoms with van der Waals surface area (Å²) in [5, 5.41) is 11.0. The molecule has 0 aliphatic carbocycles. The smallest absolute Gasteiger partial charge is 0.414 e. The lowest BCUT2D eigenvalue weighted by Crippen LogP contribution is -2.56. The molecular weight excluding hydrogens is 483 g/mol. The Kier molecular flexibility index (Phi) is 6.17. The number of piperidine rings is 1. The molecule has 3 unspecified atom stereocenters. The van der Waals surface area contributed by atoms with Crippen LogP contribution in [0.15, 0.2) is 36.5 Å². The van der Waals surface area contributed by atoms with Gasteiger partial charge in [0.1, 0.15) is 30.7 Å². The summed E-state index contributed by atoms with van der Waals surface area (Å²) < 4.78 is 37.0. The molecule has 37 heavy (non-hydrogen) atoms. The third-order valence-electron chi connectivity index (χ3n) is 7.16. The van der Waals surface area contributed by atoms with Gasteiger partial charge in [0.05, 0.1) is 30.6 Å². The predicted molar refractivity (Wildman–Crippen MR) is 131 cm³/mol. The van der Waals surface area contributed by atoms with Gasteiger partial charge in [0.25, 0.3) is 0 Å². The van der Waals surface area contributed by atoms with Gasteiger partial charge in [-0.3, -0.25) is 9.80 Å². The number of carbonyl (C=O) groups is 1. The van der Waals surface area contributed by atoms with Gasteiger partial charge in [-0.15, -0.1) is 0 Å². The average Bonchev–Trinajstić information content (AvgIpc) is 2.91. The fraction of sp³-hybridized carbons (Fsp3) is 0.423. The predicted octanol–water partition coefficient (Wildman–Crippen LogP) is 2.93. The van der Waals surface area contributed by atoms with Crippen molar-refractivity contribution in [1.82, 2.24) is 14.9 Å². The fourth-order valence-electron chi connectivity index (χ4n) is 5.26. The van der Waals surface area contributed by atoms with Crippen LogP contribution >= 0.6 is 0 Å². The summed E-state index contributed by atoms with van der Waals surface area (Å²) in [5.74, 6) is 1.09. The van der Waals surface area contributed by atoms with Crippen LogP contribution in [0, 0.1) is 11.7 Å². The number of hydrogen-bond donors (Lipinski definition) is 1. The van der Waals surface area contributed by atoms with E-state index in [-0.39, 0.29) is 35.5 Å². The number of carbonyl (C=O) groups excluding carboxylic acids is 1. The first kappa shape index (κ1) is 23.7. The normalized spacial score (nSPS) is 22.4. The van der Waals surface area contributed by atoms with Crippen molar-refractivity contribution in [3.63, 3.8) is 0 Å². The fourth-order valence-corrected chi connectivity index (χ4v) is 5.26. The second kappa shape index (κ2) is 9.64. The molecule has 0 bridgehead atoms. The summed E-state index contributed by atoms with van der Waals surface area (Å²) in [4.78, 5) is 25.1. The van der Waals surface area contributed by atoms with Gasteiger partial charge in [0.2, 0.25) is 5.88 Å². The number of halogens is 1. The molecule has 4 heterocycles. The maximum absolute atomic E-state index is 14.8. The van der Waals surface area contributed by atoms with E-state index < -0.39 is 18.0 Å². The molecule has 3 aliphatic heterocycles. The maximum Gasteiger partial charge on any atom is 0.414 e. The zero-order valence-corrected chi connectivity index (χ0v) is 20.3. The van der Waals surface area contributed by atoms with Crippen LogP contribution in [0.4, 0.5) is 14.9 Å². The van der Waals surface area contributed by atoms with E-state index in [0.717, 1.165) is 6.42 Å². The first-order valence-corrected chi connectivity index (χ1v) is 12.3. The number of β-amino-alcohol motifs (C(OH)–C–C–N with tert-alkyl or cyclic N) is 1. The molecule has 0 saturated carbocycles. The number of fused-ring (bicyclic) bond motifs is 3. The first-order chi connectivity index (χ1) is 18.0. The van der Waals surface area contributed by atoms with Crippen molar-refractivity contribution < 1.29 is 33.2 Å². The Bertz CT molecular complexity index is 1340. The minimum Gasteiger partial charge on any atom is -0.486 e. The molecule has 3 aliphatic rings. The second-order valence-corrected chi connectivity index (χ2v) is 9.43. The average molecular weight is 511 g/mol. The van der Waals surface area contributed by atoms with Crippen LogP contribution in [-0.2, 0) is 4.74 Å². The lowest BCUT2D eigenvalue weighted by atomic mass is 9.91. The Morgan fingerprint density at radius 1 is 1.19 bits per heavy atom. The number of anilines is 1. The van der Waals surface area contributed by atoms with E-state index in [9.17, 15) is 14.3 Å². The van der Waals surface area contributed by atoms with Crippen LogP contribution in [0.1, 0.15) is 18.1 Å². The second-order valence-electron chi connectivity index (χ2n) is 9.43. The first-order valence-electron chi connectivity index (χ1n) is 12.3. The molecule has 0 radical (unpaired) electrons. The number of aliphatic hydroxyl groups excluding tert-OH is 1. The molecule has 6 rings (SSSR count). The highest BCUT2D eigenvalue weighted by Gasteiger charge is 2.40. The van der Waals surface area contributed by atoms with Crippen LogP contribution in [0.3, 0.4) is 0 Å². The number of rotatable bonds is 5. The Morgan fingerprint density at radius 2 is 2.03 bits per heavy atom. The third kappa shape index (κ3) is 4.49. The van der Waals surface area contributed by atoms with E-state index in [1.807, 2.05) is 11.0 Å². The zero-order valence-electron chi connectivity index (χ0n) is 20.3. The molecule has 3 atom stereocenters. The van der Waals surface area contributed by atoms with Crippen LogP contribution < -0.4 is 19.1 Å². The number of likely N-dealkylation sites (tertiary alicyclic amines) is 1. The number of benzene rings is 2. The topological polar surface area (TPSA) is 106 Å². The monoisotopic (exact) mass is 510 g/mol. The van der Waals surface area contributed by atoms with Crippen molar-refractivity contribution in [3.05, 3.63) is 47.9 Å². The summed E-state index contributed by atoms with van der Waals surface area (Å²) in [6, 6.07) is 8.24. The molecule has 0 spiro atoms. The summed E-state index contributed by atoms with van der Waals surface area (Å²) in [5.41, 5.74) is 1.52. The number of aliphatic hydroxyl groups is 1. The van der Waals surface area contributed by atoms with Crippen molar-refractivity contribution in [2.45, 2.75) is 18.6 Å². The molecule has 2 fully saturated rings. The van der Waals surface area contributed by atoms with E-state index in [1.54, 1.807) is 17.0 Å². The van der Waals surface area contributed by atoms with Gasteiger partial charge in [-0.05, 0) is 37.2 Å². The van der Waals surface area contributed by atoms with Crippen molar-refractivity contribution in [3.8, 4) is 17.4 Å². The number of nitrogens with zero attached hydrogens (tertiary/aromatic N) is 4. The van der Waals surface area contributed by atoms with E-state index in [0.29, 0.717) is 55.6 Å². The van der Waals surface area contributed by atoms with E-state index in [4.69, 9.17) is 18.9 Å². The molecule has 2 aromatic carbocycles. The summed E-state index contributed by atoms with van der Waals surface area (Å²) in [6.07, 6.45) is 0.321. The minimum atomic E-state index is -1.14. The molecule has 3 aromatic rings. The molecule has 11 heteroatoms. The summed E-state index contributed by atoms with van der Waals surface area (Å²) in [6.45, 7) is 2.78. The zero-order chi connectivity index (χ0) is 25.5. The van der Waals surface area contributed by atoms with Gasteiger partial charge >= 0.3 is 6.09 Å². The number of amides is 1. The van der Waals surface area contributed by atoms with Crippen molar-refractivity contribution in [1.29, 1.82) is 0 Å². The summed E-state index contributed by atoms with van der Waals surface area (Å²) >= 11 is 0. The highest BCUT2D eigenvalue weighted by molar-refractivity contribution is 5.89. The molecule has 194 valence electrons. The molecular formula is C26H27FN4O6. The van der Waals surface area contributed by atoms with E-state index in [1.165, 1.54) is 25.4 Å². The van der Waals surface area contributed by atoms with Gasteiger partial charge in [0.15, 0.2) is 11.5 Å². The molecule has 1 N–H and O–H groups in total. The summed E-state index contributed by atoms with van der Waals surface area (Å²) in [7, 11) is 1.45. The Balaban J connectivity index is 1.14. The molecule has 2 saturated heterocycles. The maximum atomic E-state index is 14.8.